The van der Waals surface area contributed by atoms with Crippen LogP contribution >= 0.6 is 0 Å². The van der Waals surface area contributed by atoms with Crippen LogP contribution in [0.4, 0.5) is 0 Å². The van der Waals surface area contributed by atoms with Crippen molar-refractivity contribution < 1.29 is 74.7 Å². The fourth-order valence-electron chi connectivity index (χ4n) is 0. The van der Waals surface area contributed by atoms with Gasteiger partial charge >= 0.3 is 74.7 Å². The summed E-state index contributed by atoms with van der Waals surface area (Å²) in [6.07, 6.45) is 0. The van der Waals surface area contributed by atoms with Gasteiger partial charge in [-0.2, -0.15) is 0 Å². The van der Waals surface area contributed by atoms with Crippen molar-refractivity contribution in [3.8, 4) is 0 Å². The second-order valence-corrected chi connectivity index (χ2v) is 0. The van der Waals surface area contributed by atoms with Crippen LogP contribution in [0.25, 0.3) is 0 Å². The second kappa shape index (κ2) is 9440. The fraction of sp³-hybridized carbons (Fsp3) is 0. The van der Waals surface area contributed by atoms with Crippen LogP contribution < -0.4 is 58.2 Å². The van der Waals surface area contributed by atoms with E-state index in [1.54, 1.807) is 0 Å². The van der Waals surface area contributed by atoms with E-state index in [1.807, 2.05) is 0 Å². The molecule has 0 heterocycles. The quantitative estimate of drug-likeness (QED) is 0.346. The van der Waals surface area contributed by atoms with Gasteiger partial charge in [0.05, 0.1) is 0 Å². The average Bonchev–Trinajstić information content (AvgIpc) is 2.03. The summed E-state index contributed by atoms with van der Waals surface area (Å²) in [5.74, 6) is 0. The normalized spacial score (nSPS) is 0.800. The molecule has 0 aromatic carbocycles. The zero-order valence-corrected chi connectivity index (χ0v) is 11.0. The molecule has 6 heteroatoms. The molecule has 47 valence electrons. The monoisotopic (exact) mass is 247 g/mol. The Labute approximate surface area is 120 Å². The van der Waals surface area contributed by atoms with Crippen LogP contribution in [-0.4, -0.2) is 0 Å². The maximum Gasteiger partial charge on any atom is 3.00 e. The smallest absolute Gasteiger partial charge is 0.512 e. The van der Waals surface area contributed by atoms with E-state index in [4.69, 9.17) is 47.3 Å². The van der Waals surface area contributed by atoms with E-state index in [0.717, 1.165) is 0 Å². The molecule has 0 aromatic heterocycles. The van der Waals surface area contributed by atoms with Crippen molar-refractivity contribution in [2.24, 2.45) is 0 Å². The van der Waals surface area contributed by atoms with Crippen molar-refractivity contribution in [1.82, 2.24) is 0 Å². The zero-order valence-electron chi connectivity index (χ0n) is 5.11. The minimum atomic E-state index is 0. The maximum absolute atomic E-state index is 6.25. The Morgan fingerprint density at radius 3 is 0.500 bits per heavy atom. The van der Waals surface area contributed by atoms with Crippen LogP contribution in [0, 0.1) is 47.3 Å². The van der Waals surface area contributed by atoms with Gasteiger partial charge in [0.25, 0.3) is 0 Å². The summed E-state index contributed by atoms with van der Waals surface area (Å²) in [5, 5.41) is 25.0. The fourth-order valence-corrected chi connectivity index (χ4v) is 0. The van der Waals surface area contributed by atoms with E-state index in [9.17, 15) is 0 Å². The van der Waals surface area contributed by atoms with Crippen LogP contribution in [0.15, 0.2) is 0 Å². The molecule has 10 heavy (non-hydrogen) atoms. The van der Waals surface area contributed by atoms with Gasteiger partial charge in [-0.3, -0.25) is 0 Å². The molecule has 0 N–H and O–H groups in total. The summed E-state index contributed by atoms with van der Waals surface area (Å²) in [6, 6.07) is 0. The van der Waals surface area contributed by atoms with E-state index in [1.165, 1.54) is 0 Å². The van der Waals surface area contributed by atoms with Gasteiger partial charge in [0.15, 0.2) is 0 Å². The third kappa shape index (κ3) is 6500. The SMILES string of the molecule is [C-]#N.[C-]#N.[C-]#N.[C-]#N.[Ni+3].[Rb+]. The number of rotatable bonds is 0. The van der Waals surface area contributed by atoms with Crippen LogP contribution in [0.3, 0.4) is 0 Å². The van der Waals surface area contributed by atoms with Crippen LogP contribution in [-0.2, 0) is 16.5 Å². The largest absolute Gasteiger partial charge is 3.00 e. The third-order valence-electron chi connectivity index (χ3n) is 0. The summed E-state index contributed by atoms with van der Waals surface area (Å²) < 4.78 is 0. The molecule has 0 saturated carbocycles. The Morgan fingerprint density at radius 2 is 0.500 bits per heavy atom. The van der Waals surface area contributed by atoms with Crippen molar-refractivity contribution in [3.05, 3.63) is 26.3 Å². The average molecular weight is 248 g/mol. The summed E-state index contributed by atoms with van der Waals surface area (Å²) in [6.45, 7) is 19.0. The van der Waals surface area contributed by atoms with E-state index in [-0.39, 0.29) is 74.7 Å². The molecule has 0 aliphatic rings. The Kier molecular flexibility index (Phi) is 45800. The topological polar surface area (TPSA) is 95.2 Å². The first-order valence-electron chi connectivity index (χ1n) is 0.894. The van der Waals surface area contributed by atoms with Crippen molar-refractivity contribution in [1.29, 1.82) is 21.0 Å². The van der Waals surface area contributed by atoms with Crippen LogP contribution in [0.1, 0.15) is 0 Å². The molecule has 4 nitrogen and oxygen atoms in total. The second-order valence-electron chi connectivity index (χ2n) is 0. The molecule has 0 aliphatic heterocycles. The van der Waals surface area contributed by atoms with Crippen molar-refractivity contribution in [3.63, 3.8) is 0 Å². The van der Waals surface area contributed by atoms with E-state index >= 15 is 0 Å². The summed E-state index contributed by atoms with van der Waals surface area (Å²) in [7, 11) is 0. The minimum Gasteiger partial charge on any atom is -0.512 e. The van der Waals surface area contributed by atoms with Gasteiger partial charge in [-0.05, 0) is 0 Å². The van der Waals surface area contributed by atoms with Gasteiger partial charge in [0, 0.05) is 0 Å². The molecular weight excluding hydrogens is 248 g/mol. The van der Waals surface area contributed by atoms with Crippen molar-refractivity contribution in [2.75, 3.05) is 0 Å². The molecule has 1 radical (unpaired) electrons. The molecule has 0 atom stereocenters. The third-order valence-corrected chi connectivity index (χ3v) is 0. The molecule has 0 amide bonds. The molecule has 0 fully saturated rings. The van der Waals surface area contributed by atoms with E-state index in [2.05, 4.69) is 0 Å². The van der Waals surface area contributed by atoms with Gasteiger partial charge in [-0.25, -0.2) is 0 Å². The van der Waals surface area contributed by atoms with Gasteiger partial charge < -0.3 is 47.3 Å². The molecular formula is C4N4NiRb. The summed E-state index contributed by atoms with van der Waals surface area (Å²) in [4.78, 5) is 0. The standard InChI is InChI=1S/4CN.Ni.Rb/c4*1-2;;/q4*-1;+3;+1. The molecule has 0 unspecified atom stereocenters. The van der Waals surface area contributed by atoms with E-state index in [0.29, 0.717) is 0 Å². The predicted octanol–water partition coefficient (Wildman–Crippen LogP) is -2.61. The van der Waals surface area contributed by atoms with Crippen LogP contribution in [0.2, 0.25) is 0 Å². The Bertz CT molecular complexity index is 60.2. The Morgan fingerprint density at radius 1 is 0.500 bits per heavy atom. The first-order chi connectivity index (χ1) is 4.00. The van der Waals surface area contributed by atoms with Gasteiger partial charge in [-0.15, -0.1) is 0 Å². The molecule has 0 aliphatic carbocycles. The first-order valence-corrected chi connectivity index (χ1v) is 0.894. The number of hydrogen-bond donors (Lipinski definition) is 0. The molecule has 0 spiro atoms. The molecule has 0 bridgehead atoms. The Balaban J connectivity index is -0.00000000500. The number of nitrogens with zero attached hydrogens (tertiary/aromatic N) is 4. The van der Waals surface area contributed by atoms with Gasteiger partial charge in [0.2, 0.25) is 0 Å². The van der Waals surface area contributed by atoms with E-state index < -0.39 is 0 Å². The molecule has 0 saturated heterocycles. The zero-order chi connectivity index (χ0) is 8.00. The number of hydrogen-bond acceptors (Lipinski definition) is 4. The van der Waals surface area contributed by atoms with Crippen molar-refractivity contribution >= 4 is 0 Å². The van der Waals surface area contributed by atoms with Crippen LogP contribution in [0.5, 0.6) is 0 Å². The Hall–Kier alpha value is 0.259. The predicted molar refractivity (Wildman–Crippen MR) is 19.9 cm³/mol. The van der Waals surface area contributed by atoms with Gasteiger partial charge in [-0.1, -0.05) is 0 Å². The van der Waals surface area contributed by atoms with Crippen molar-refractivity contribution in [2.45, 2.75) is 0 Å². The molecule has 0 aromatic rings. The molecule has 0 rings (SSSR count). The summed E-state index contributed by atoms with van der Waals surface area (Å²) in [5.41, 5.74) is 0. The summed E-state index contributed by atoms with van der Waals surface area (Å²) >= 11 is 0. The van der Waals surface area contributed by atoms with Gasteiger partial charge in [0.1, 0.15) is 0 Å². The first kappa shape index (κ1) is 48.5. The maximum atomic E-state index is 6.25. The minimum absolute atomic E-state index is 0.